The number of carbonyl (C=O) groups excluding carboxylic acids is 2. The molecule has 0 saturated carbocycles. The van der Waals surface area contributed by atoms with E-state index in [1.54, 1.807) is 17.9 Å². The van der Waals surface area contributed by atoms with Crippen LogP contribution in [0.5, 0.6) is 5.75 Å². The van der Waals surface area contributed by atoms with Crippen LogP contribution in [0.25, 0.3) is 11.8 Å². The van der Waals surface area contributed by atoms with Crippen LogP contribution in [-0.4, -0.2) is 54.3 Å². The molecule has 3 heterocycles. The maximum Gasteiger partial charge on any atom is 0.340 e. The van der Waals surface area contributed by atoms with Crippen LogP contribution >= 0.6 is 0 Å². The Hall–Kier alpha value is -3.32. The van der Waals surface area contributed by atoms with E-state index in [-0.39, 0.29) is 12.0 Å². The van der Waals surface area contributed by atoms with Crippen molar-refractivity contribution in [2.24, 2.45) is 0 Å². The van der Waals surface area contributed by atoms with Crippen LogP contribution in [0.3, 0.4) is 0 Å². The number of esters is 1. The maximum absolute atomic E-state index is 13.4. The highest BCUT2D eigenvalue weighted by Crippen LogP contribution is 2.34. The average Bonchev–Trinajstić information content (AvgIpc) is 3.49. The molecule has 0 unspecified atom stereocenters. The molecule has 2 aliphatic heterocycles. The van der Waals surface area contributed by atoms with E-state index in [1.165, 1.54) is 7.11 Å². The fourth-order valence-electron chi connectivity index (χ4n) is 4.78. The first kappa shape index (κ1) is 23.8. The normalized spacial score (nSPS) is 19.4. The van der Waals surface area contributed by atoms with Gasteiger partial charge in [0.05, 0.1) is 37.5 Å². The second-order valence-electron chi connectivity index (χ2n) is 8.65. The first-order chi connectivity index (χ1) is 16.3. The zero-order valence-corrected chi connectivity index (χ0v) is 20.5. The second-order valence-corrected chi connectivity index (χ2v) is 8.65. The molecule has 0 radical (unpaired) electrons. The van der Waals surface area contributed by atoms with Crippen LogP contribution in [0, 0.1) is 13.8 Å². The van der Waals surface area contributed by atoms with E-state index in [4.69, 9.17) is 14.2 Å². The Kier molecular flexibility index (Phi) is 6.93. The SMILES string of the molecule is CCOc1ccc(-n2c(C)cc(/C=C3\C(=O)N(C[C@H]4CCCO4)C(C)=C3C(=O)OC)c2C)cc1. The fourth-order valence-corrected chi connectivity index (χ4v) is 4.78. The van der Waals surface area contributed by atoms with Gasteiger partial charge in [-0.15, -0.1) is 0 Å². The molecule has 7 heteroatoms. The zero-order valence-electron chi connectivity index (χ0n) is 20.5. The fraction of sp³-hybridized carbons (Fsp3) is 0.407. The molecule has 34 heavy (non-hydrogen) atoms. The Labute approximate surface area is 200 Å². The number of ether oxygens (including phenoxy) is 3. The Morgan fingerprint density at radius 2 is 1.94 bits per heavy atom. The summed E-state index contributed by atoms with van der Waals surface area (Å²) in [6.45, 7) is 9.54. The van der Waals surface area contributed by atoms with Crippen LogP contribution in [0.1, 0.15) is 43.6 Å². The molecule has 1 atom stereocenters. The molecule has 1 saturated heterocycles. The quantitative estimate of drug-likeness (QED) is 0.450. The number of carbonyl (C=O) groups is 2. The van der Waals surface area contributed by atoms with Crippen LogP contribution in [0.2, 0.25) is 0 Å². The van der Waals surface area contributed by atoms with Gasteiger partial charge in [0, 0.05) is 29.4 Å². The van der Waals surface area contributed by atoms with Gasteiger partial charge < -0.3 is 23.7 Å². The van der Waals surface area contributed by atoms with Gasteiger partial charge in [-0.25, -0.2) is 4.79 Å². The summed E-state index contributed by atoms with van der Waals surface area (Å²) in [6.07, 6.45) is 3.69. The lowest BCUT2D eigenvalue weighted by Crippen LogP contribution is -2.33. The van der Waals surface area contributed by atoms with Gasteiger partial charge >= 0.3 is 5.97 Å². The van der Waals surface area contributed by atoms with Crippen molar-refractivity contribution < 1.29 is 23.8 Å². The van der Waals surface area contributed by atoms with E-state index in [2.05, 4.69) is 4.57 Å². The van der Waals surface area contributed by atoms with Crippen molar-refractivity contribution in [2.75, 3.05) is 26.9 Å². The minimum absolute atomic E-state index is 0.0122. The van der Waals surface area contributed by atoms with Crippen molar-refractivity contribution in [1.29, 1.82) is 0 Å². The van der Waals surface area contributed by atoms with Crippen LogP contribution in [0.15, 0.2) is 47.2 Å². The Balaban J connectivity index is 1.71. The number of rotatable bonds is 7. The van der Waals surface area contributed by atoms with Crippen molar-refractivity contribution in [3.8, 4) is 11.4 Å². The van der Waals surface area contributed by atoms with Crippen molar-refractivity contribution in [3.63, 3.8) is 0 Å². The highest BCUT2D eigenvalue weighted by atomic mass is 16.5. The molecule has 1 aromatic carbocycles. The monoisotopic (exact) mass is 464 g/mol. The van der Waals surface area contributed by atoms with Gasteiger partial charge in [-0.05, 0) is 82.5 Å². The number of hydrogen-bond acceptors (Lipinski definition) is 5. The Morgan fingerprint density at radius 3 is 2.56 bits per heavy atom. The third-order valence-electron chi connectivity index (χ3n) is 6.49. The van der Waals surface area contributed by atoms with E-state index in [0.717, 1.165) is 41.2 Å². The number of benzene rings is 1. The summed E-state index contributed by atoms with van der Waals surface area (Å²) in [7, 11) is 1.34. The lowest BCUT2D eigenvalue weighted by atomic mass is 10.0. The first-order valence-corrected chi connectivity index (χ1v) is 11.7. The molecular formula is C27H32N2O5. The van der Waals surface area contributed by atoms with E-state index in [9.17, 15) is 9.59 Å². The maximum atomic E-state index is 13.4. The Bertz CT molecular complexity index is 1150. The lowest BCUT2D eigenvalue weighted by molar-refractivity contribution is -0.136. The van der Waals surface area contributed by atoms with Crippen molar-refractivity contribution in [2.45, 2.75) is 46.6 Å². The highest BCUT2D eigenvalue weighted by Gasteiger charge is 2.38. The van der Waals surface area contributed by atoms with Crippen molar-refractivity contribution in [1.82, 2.24) is 9.47 Å². The first-order valence-electron chi connectivity index (χ1n) is 11.7. The van der Waals surface area contributed by atoms with Gasteiger partial charge in [-0.2, -0.15) is 0 Å². The van der Waals surface area contributed by atoms with Gasteiger partial charge in [0.1, 0.15) is 5.75 Å². The summed E-state index contributed by atoms with van der Waals surface area (Å²) in [5, 5.41) is 0. The topological polar surface area (TPSA) is 70.0 Å². The van der Waals surface area contributed by atoms with Crippen molar-refractivity contribution >= 4 is 18.0 Å². The molecule has 7 nitrogen and oxygen atoms in total. The highest BCUT2D eigenvalue weighted by molar-refractivity contribution is 6.16. The summed E-state index contributed by atoms with van der Waals surface area (Å²) in [5.74, 6) is 0.119. The molecule has 0 spiro atoms. The molecule has 180 valence electrons. The Morgan fingerprint density at radius 1 is 1.21 bits per heavy atom. The van der Waals surface area contributed by atoms with E-state index in [0.29, 0.717) is 36.6 Å². The molecule has 2 aliphatic rings. The van der Waals surface area contributed by atoms with Crippen LogP contribution < -0.4 is 4.74 Å². The minimum atomic E-state index is -0.507. The van der Waals surface area contributed by atoms with Gasteiger partial charge in [-0.3, -0.25) is 4.79 Å². The number of amides is 1. The largest absolute Gasteiger partial charge is 0.494 e. The molecule has 2 aromatic rings. The number of methoxy groups -OCH3 is 1. The number of allylic oxidation sites excluding steroid dienone is 1. The third-order valence-corrected chi connectivity index (χ3v) is 6.49. The van der Waals surface area contributed by atoms with Crippen LogP contribution in [0.4, 0.5) is 0 Å². The molecule has 1 aromatic heterocycles. The summed E-state index contributed by atoms with van der Waals surface area (Å²) in [5.41, 5.74) is 5.16. The molecular weight excluding hydrogens is 432 g/mol. The number of hydrogen-bond donors (Lipinski definition) is 0. The van der Waals surface area contributed by atoms with E-state index >= 15 is 0 Å². The minimum Gasteiger partial charge on any atom is -0.494 e. The van der Waals surface area contributed by atoms with Gasteiger partial charge in [0.2, 0.25) is 0 Å². The molecule has 4 rings (SSSR count). The average molecular weight is 465 g/mol. The third kappa shape index (κ3) is 4.40. The molecule has 0 bridgehead atoms. The summed E-state index contributed by atoms with van der Waals surface area (Å²) in [4.78, 5) is 27.8. The molecule has 0 aliphatic carbocycles. The predicted octanol–water partition coefficient (Wildman–Crippen LogP) is 4.34. The zero-order chi connectivity index (χ0) is 24.4. The van der Waals surface area contributed by atoms with Crippen molar-refractivity contribution in [3.05, 3.63) is 64.1 Å². The van der Waals surface area contributed by atoms with Gasteiger partial charge in [-0.1, -0.05) is 0 Å². The molecule has 1 fully saturated rings. The van der Waals surface area contributed by atoms with Crippen LogP contribution in [-0.2, 0) is 19.1 Å². The standard InChI is InChI=1S/C27H32N2O5/c1-6-33-22-11-9-21(10-12-22)29-17(2)14-20(18(29)3)15-24-25(27(31)32-5)19(4)28(26(24)30)16-23-8-7-13-34-23/h9-12,14-15,23H,6-8,13,16H2,1-5H3/b24-15-/t23-/m1/s1. The number of aromatic nitrogens is 1. The number of nitrogens with zero attached hydrogens (tertiary/aromatic N) is 2. The van der Waals surface area contributed by atoms with Gasteiger partial charge in [0.15, 0.2) is 0 Å². The molecule has 0 N–H and O–H groups in total. The van der Waals surface area contributed by atoms with E-state index in [1.807, 2.05) is 51.1 Å². The molecule has 1 amide bonds. The predicted molar refractivity (Wildman–Crippen MR) is 130 cm³/mol. The van der Waals surface area contributed by atoms with Gasteiger partial charge in [0.25, 0.3) is 5.91 Å². The summed E-state index contributed by atoms with van der Waals surface area (Å²) >= 11 is 0. The summed E-state index contributed by atoms with van der Waals surface area (Å²) < 4.78 is 18.4. The lowest BCUT2D eigenvalue weighted by Gasteiger charge is -2.21. The number of aryl methyl sites for hydroxylation is 1. The van der Waals surface area contributed by atoms with E-state index < -0.39 is 5.97 Å². The second kappa shape index (κ2) is 9.89. The smallest absolute Gasteiger partial charge is 0.340 e. The summed E-state index contributed by atoms with van der Waals surface area (Å²) in [6, 6.07) is 9.94.